The van der Waals surface area contributed by atoms with Crippen LogP contribution >= 0.6 is 0 Å². The van der Waals surface area contributed by atoms with E-state index in [1.54, 1.807) is 13.1 Å². The normalized spacial score (nSPS) is 10.8. The van der Waals surface area contributed by atoms with Crippen molar-refractivity contribution in [1.29, 1.82) is 0 Å². The number of para-hydroxylation sites is 1. The van der Waals surface area contributed by atoms with Crippen LogP contribution in [0.15, 0.2) is 95.5 Å². The van der Waals surface area contributed by atoms with Crippen LogP contribution in [0.1, 0.15) is 28.3 Å². The first kappa shape index (κ1) is 23.2. The number of nitrogens with one attached hydrogen (secondary N) is 1. The molecule has 5 aromatic rings. The molecule has 3 aromatic carbocycles. The zero-order chi connectivity index (χ0) is 24.9. The number of amides is 1. The smallest absolute Gasteiger partial charge is 0.247 e. The zero-order valence-corrected chi connectivity index (χ0v) is 20.2. The maximum absolute atomic E-state index is 12.8. The van der Waals surface area contributed by atoms with Gasteiger partial charge >= 0.3 is 0 Å². The molecule has 178 valence electrons. The largest absolute Gasteiger partial charge is 0.421 e. The van der Waals surface area contributed by atoms with Crippen LogP contribution in [0.2, 0.25) is 0 Å². The van der Waals surface area contributed by atoms with Gasteiger partial charge in [0, 0.05) is 36.5 Å². The van der Waals surface area contributed by atoms with Crippen molar-refractivity contribution in [1.82, 2.24) is 15.2 Å². The highest BCUT2D eigenvalue weighted by molar-refractivity contribution is 5.93. The van der Waals surface area contributed by atoms with Crippen molar-refractivity contribution in [2.45, 2.75) is 26.7 Å². The predicted molar refractivity (Wildman–Crippen MR) is 140 cm³/mol. The second-order valence-electron chi connectivity index (χ2n) is 8.73. The van der Waals surface area contributed by atoms with Gasteiger partial charge < -0.3 is 9.73 Å². The van der Waals surface area contributed by atoms with E-state index in [-0.39, 0.29) is 5.91 Å². The summed E-state index contributed by atoms with van der Waals surface area (Å²) < 4.78 is 5.58. The Morgan fingerprint density at radius 3 is 2.39 bits per heavy atom. The van der Waals surface area contributed by atoms with E-state index in [2.05, 4.69) is 33.5 Å². The molecule has 0 atom stereocenters. The van der Waals surface area contributed by atoms with E-state index in [1.165, 1.54) is 0 Å². The van der Waals surface area contributed by atoms with E-state index in [4.69, 9.17) is 4.42 Å². The van der Waals surface area contributed by atoms with Gasteiger partial charge in [0.2, 0.25) is 17.7 Å². The average molecular weight is 475 g/mol. The summed E-state index contributed by atoms with van der Waals surface area (Å²) in [7, 11) is 0. The van der Waals surface area contributed by atoms with Crippen molar-refractivity contribution in [3.8, 4) is 22.6 Å². The number of benzene rings is 3. The molecule has 1 N–H and O–H groups in total. The maximum Gasteiger partial charge on any atom is 0.247 e. The summed E-state index contributed by atoms with van der Waals surface area (Å²) in [6.07, 6.45) is 2.73. The van der Waals surface area contributed by atoms with Gasteiger partial charge in [-0.05, 0) is 65.1 Å². The molecule has 0 radical (unpaired) electrons. The Balaban J connectivity index is 1.28. The lowest BCUT2D eigenvalue weighted by Gasteiger charge is -2.12. The summed E-state index contributed by atoms with van der Waals surface area (Å²) >= 11 is 0. The summed E-state index contributed by atoms with van der Waals surface area (Å²) in [5.41, 5.74) is 7.93. The maximum atomic E-state index is 12.8. The molecule has 0 saturated heterocycles. The first-order chi connectivity index (χ1) is 17.5. The third kappa shape index (κ3) is 5.39. The molecule has 6 nitrogen and oxygen atoms in total. The quantitative estimate of drug-likeness (QED) is 0.304. The number of hydrogen-bond acceptors (Lipinski definition) is 5. The highest BCUT2D eigenvalue weighted by Crippen LogP contribution is 2.29. The van der Waals surface area contributed by atoms with Gasteiger partial charge in [-0.15, -0.1) is 10.2 Å². The average Bonchev–Trinajstić information content (AvgIpc) is 3.33. The molecule has 0 aliphatic rings. The number of rotatable bonds is 7. The van der Waals surface area contributed by atoms with E-state index in [0.717, 1.165) is 44.8 Å². The van der Waals surface area contributed by atoms with Crippen LogP contribution in [0, 0.1) is 13.8 Å². The molecule has 2 heterocycles. The summed E-state index contributed by atoms with van der Waals surface area (Å²) in [4.78, 5) is 17.2. The third-order valence-electron chi connectivity index (χ3n) is 6.03. The lowest BCUT2D eigenvalue weighted by Crippen LogP contribution is -2.15. The number of anilines is 1. The molecule has 0 aliphatic carbocycles. The number of hydrogen-bond donors (Lipinski definition) is 1. The number of pyridine rings is 1. The fourth-order valence-electron chi connectivity index (χ4n) is 4.16. The number of carbonyl (C=O) groups is 1. The molecule has 0 aliphatic heterocycles. The lowest BCUT2D eigenvalue weighted by molar-refractivity contribution is -0.115. The van der Waals surface area contributed by atoms with Crippen molar-refractivity contribution in [3.05, 3.63) is 119 Å². The van der Waals surface area contributed by atoms with Crippen molar-refractivity contribution in [3.63, 3.8) is 0 Å². The topological polar surface area (TPSA) is 80.9 Å². The van der Waals surface area contributed by atoms with Crippen LogP contribution in [-0.4, -0.2) is 21.1 Å². The number of aromatic nitrogens is 3. The highest BCUT2D eigenvalue weighted by atomic mass is 16.4. The standard InChI is InChI=1S/C30H26N4O2/c1-20-10-13-25(30-34-33-21(2)36-30)19-27(20)23-14-11-22(12-15-23)17-29(35)32-28-9-4-3-7-24(28)18-26-8-5-6-16-31-26/h3-16,19H,17-18H2,1-2H3,(H,32,35). The second-order valence-corrected chi connectivity index (χ2v) is 8.73. The molecule has 5 rings (SSSR count). The van der Waals surface area contributed by atoms with Gasteiger partial charge in [0.05, 0.1) is 6.42 Å². The Bertz CT molecular complexity index is 1490. The first-order valence-electron chi connectivity index (χ1n) is 11.8. The van der Waals surface area contributed by atoms with Crippen molar-refractivity contribution >= 4 is 11.6 Å². The van der Waals surface area contributed by atoms with Crippen LogP contribution in [-0.2, 0) is 17.6 Å². The summed E-state index contributed by atoms with van der Waals surface area (Å²) in [6.45, 7) is 3.85. The van der Waals surface area contributed by atoms with Gasteiger partial charge in [-0.25, -0.2) is 0 Å². The fraction of sp³-hybridized carbons (Fsp3) is 0.133. The summed E-state index contributed by atoms with van der Waals surface area (Å²) in [6, 6.07) is 27.9. The predicted octanol–water partition coefficient (Wildman–Crippen LogP) is 6.19. The fourth-order valence-corrected chi connectivity index (χ4v) is 4.16. The summed E-state index contributed by atoms with van der Waals surface area (Å²) in [5, 5.41) is 11.1. The second kappa shape index (κ2) is 10.4. The Hall–Kier alpha value is -4.58. The van der Waals surface area contributed by atoms with Crippen LogP contribution in [0.3, 0.4) is 0 Å². The minimum atomic E-state index is -0.0545. The molecule has 0 bridgehead atoms. The van der Waals surface area contributed by atoms with Crippen molar-refractivity contribution in [2.75, 3.05) is 5.32 Å². The lowest BCUT2D eigenvalue weighted by atomic mass is 9.96. The van der Waals surface area contributed by atoms with E-state index >= 15 is 0 Å². The number of aryl methyl sites for hydroxylation is 2. The molecular weight excluding hydrogens is 448 g/mol. The molecular formula is C30H26N4O2. The van der Waals surface area contributed by atoms with Gasteiger partial charge in [0.25, 0.3) is 0 Å². The van der Waals surface area contributed by atoms with Gasteiger partial charge in [0.15, 0.2) is 0 Å². The molecule has 0 spiro atoms. The van der Waals surface area contributed by atoms with Gasteiger partial charge in [-0.1, -0.05) is 54.6 Å². The Kier molecular flexibility index (Phi) is 6.67. The molecule has 0 fully saturated rings. The molecule has 0 saturated carbocycles. The van der Waals surface area contributed by atoms with Crippen molar-refractivity contribution in [2.24, 2.45) is 0 Å². The van der Waals surface area contributed by atoms with E-state index < -0.39 is 0 Å². The minimum absolute atomic E-state index is 0.0545. The monoisotopic (exact) mass is 474 g/mol. The Labute approximate surface area is 210 Å². The molecule has 0 unspecified atom stereocenters. The van der Waals surface area contributed by atoms with Gasteiger partial charge in [-0.2, -0.15) is 0 Å². The van der Waals surface area contributed by atoms with E-state index in [0.29, 0.717) is 24.6 Å². The SMILES string of the molecule is Cc1nnc(-c2ccc(C)c(-c3ccc(CC(=O)Nc4ccccc4Cc4ccccn4)cc3)c2)o1. The van der Waals surface area contributed by atoms with Crippen LogP contribution in [0.25, 0.3) is 22.6 Å². The minimum Gasteiger partial charge on any atom is -0.421 e. The Morgan fingerprint density at radius 1 is 0.861 bits per heavy atom. The molecule has 2 aromatic heterocycles. The molecule has 36 heavy (non-hydrogen) atoms. The number of nitrogens with zero attached hydrogens (tertiary/aromatic N) is 3. The van der Waals surface area contributed by atoms with Gasteiger partial charge in [0.1, 0.15) is 0 Å². The zero-order valence-electron chi connectivity index (χ0n) is 20.2. The summed E-state index contributed by atoms with van der Waals surface area (Å²) in [5.74, 6) is 0.987. The van der Waals surface area contributed by atoms with Crippen LogP contribution < -0.4 is 5.32 Å². The Morgan fingerprint density at radius 2 is 1.64 bits per heavy atom. The van der Waals surface area contributed by atoms with Crippen LogP contribution in [0.5, 0.6) is 0 Å². The third-order valence-corrected chi connectivity index (χ3v) is 6.03. The highest BCUT2D eigenvalue weighted by Gasteiger charge is 2.12. The van der Waals surface area contributed by atoms with E-state index in [9.17, 15) is 4.79 Å². The molecule has 6 heteroatoms. The first-order valence-corrected chi connectivity index (χ1v) is 11.8. The number of carbonyl (C=O) groups excluding carboxylic acids is 1. The molecule has 1 amide bonds. The van der Waals surface area contributed by atoms with E-state index in [1.807, 2.05) is 78.9 Å². The van der Waals surface area contributed by atoms with Crippen LogP contribution in [0.4, 0.5) is 5.69 Å². The van der Waals surface area contributed by atoms with Crippen molar-refractivity contribution < 1.29 is 9.21 Å². The van der Waals surface area contributed by atoms with Gasteiger partial charge in [-0.3, -0.25) is 9.78 Å².